The van der Waals surface area contributed by atoms with Gasteiger partial charge in [0.25, 0.3) is 5.56 Å². The zero-order chi connectivity index (χ0) is 26.7. The smallest absolute Gasteiger partial charge is 0.306 e. The number of Topliss-reactive ketones (excluding diaryl/α,β-unsaturated/α-hetero) is 2. The van der Waals surface area contributed by atoms with Gasteiger partial charge in [-0.3, -0.25) is 23.9 Å². The van der Waals surface area contributed by atoms with Crippen molar-refractivity contribution in [2.75, 3.05) is 6.61 Å². The number of para-hydroxylation sites is 1. The van der Waals surface area contributed by atoms with Crippen molar-refractivity contribution >= 4 is 17.5 Å². The fraction of sp³-hybridized carbons (Fsp3) is 0.241. The van der Waals surface area contributed by atoms with Crippen LogP contribution in [-0.4, -0.2) is 38.1 Å². The van der Waals surface area contributed by atoms with Gasteiger partial charge in [-0.2, -0.15) is 0 Å². The first-order valence-electron chi connectivity index (χ1n) is 12.0. The van der Waals surface area contributed by atoms with Crippen LogP contribution in [0, 0.1) is 20.8 Å². The Balaban J connectivity index is 1.50. The molecule has 0 saturated heterocycles. The summed E-state index contributed by atoms with van der Waals surface area (Å²) in [6.45, 7) is 5.00. The second kappa shape index (κ2) is 10.7. The van der Waals surface area contributed by atoms with Gasteiger partial charge < -0.3 is 9.30 Å². The Morgan fingerprint density at radius 3 is 2.08 bits per heavy atom. The zero-order valence-corrected chi connectivity index (χ0v) is 21.4. The number of aromatic nitrogens is 3. The van der Waals surface area contributed by atoms with Crippen LogP contribution in [0.5, 0.6) is 0 Å². The summed E-state index contributed by atoms with van der Waals surface area (Å²) >= 11 is 0. The van der Waals surface area contributed by atoms with Crippen molar-refractivity contribution in [3.05, 3.63) is 105 Å². The number of benzene rings is 2. The minimum atomic E-state index is -0.615. The van der Waals surface area contributed by atoms with Crippen LogP contribution in [0.15, 0.2) is 71.5 Å². The quantitative estimate of drug-likeness (QED) is 0.253. The van der Waals surface area contributed by atoms with Gasteiger partial charge in [0.15, 0.2) is 12.4 Å². The SMILES string of the molecule is Cc1cc(C(=O)COC(=O)CCC(=O)c2ccccc2)c(C)n1-c1c(C)n(C)n(-c2ccccc2)c1=O. The van der Waals surface area contributed by atoms with Gasteiger partial charge in [-0.1, -0.05) is 48.5 Å². The number of carbonyl (C=O) groups excluding carboxylic acids is 3. The highest BCUT2D eigenvalue weighted by atomic mass is 16.5. The molecule has 37 heavy (non-hydrogen) atoms. The number of ether oxygens (including phenoxy) is 1. The third kappa shape index (κ3) is 5.09. The Hall–Kier alpha value is -4.46. The van der Waals surface area contributed by atoms with Crippen LogP contribution < -0.4 is 5.56 Å². The van der Waals surface area contributed by atoms with Crippen molar-refractivity contribution in [2.24, 2.45) is 7.05 Å². The summed E-state index contributed by atoms with van der Waals surface area (Å²) in [7, 11) is 1.81. The molecule has 0 saturated carbocycles. The van der Waals surface area contributed by atoms with Crippen LogP contribution in [0.3, 0.4) is 0 Å². The average Bonchev–Trinajstić information content (AvgIpc) is 3.31. The Labute approximate surface area is 214 Å². The highest BCUT2D eigenvalue weighted by Gasteiger charge is 2.24. The maximum atomic E-state index is 13.5. The molecule has 0 spiro atoms. The second-order valence-corrected chi connectivity index (χ2v) is 8.90. The van der Waals surface area contributed by atoms with E-state index >= 15 is 0 Å². The van der Waals surface area contributed by atoms with Crippen LogP contribution in [0.25, 0.3) is 11.4 Å². The van der Waals surface area contributed by atoms with Gasteiger partial charge in [0, 0.05) is 36.0 Å². The molecule has 0 atom stereocenters. The van der Waals surface area contributed by atoms with Crippen LogP contribution in [0.4, 0.5) is 0 Å². The minimum Gasteiger partial charge on any atom is -0.457 e. The van der Waals surface area contributed by atoms with E-state index in [-0.39, 0.29) is 30.0 Å². The zero-order valence-electron chi connectivity index (χ0n) is 21.4. The van der Waals surface area contributed by atoms with E-state index in [0.717, 1.165) is 11.4 Å². The molecular weight excluding hydrogens is 470 g/mol. The lowest BCUT2D eigenvalue weighted by Crippen LogP contribution is -2.22. The molecule has 0 aliphatic rings. The van der Waals surface area contributed by atoms with Gasteiger partial charge in [0.05, 0.1) is 17.8 Å². The highest BCUT2D eigenvalue weighted by molar-refractivity contribution is 6.00. The summed E-state index contributed by atoms with van der Waals surface area (Å²) in [5.74, 6) is -1.15. The molecule has 0 aliphatic carbocycles. The van der Waals surface area contributed by atoms with E-state index in [4.69, 9.17) is 4.74 Å². The molecule has 8 heteroatoms. The van der Waals surface area contributed by atoms with E-state index in [2.05, 4.69) is 0 Å². The summed E-state index contributed by atoms with van der Waals surface area (Å²) in [5.41, 5.74) is 3.93. The molecule has 190 valence electrons. The van der Waals surface area contributed by atoms with E-state index in [1.807, 2.05) is 57.3 Å². The molecule has 0 bridgehead atoms. The van der Waals surface area contributed by atoms with Gasteiger partial charge in [0.2, 0.25) is 5.78 Å². The van der Waals surface area contributed by atoms with Crippen LogP contribution in [0.1, 0.15) is 50.6 Å². The molecule has 0 fully saturated rings. The number of rotatable bonds is 9. The van der Waals surface area contributed by atoms with E-state index in [1.165, 1.54) is 0 Å². The van der Waals surface area contributed by atoms with Crippen LogP contribution >= 0.6 is 0 Å². The molecule has 8 nitrogen and oxygen atoms in total. The fourth-order valence-electron chi connectivity index (χ4n) is 4.48. The van der Waals surface area contributed by atoms with Gasteiger partial charge in [-0.05, 0) is 39.0 Å². The monoisotopic (exact) mass is 499 g/mol. The molecule has 0 unspecified atom stereocenters. The number of aryl methyl sites for hydroxylation is 1. The van der Waals surface area contributed by atoms with Gasteiger partial charge in [0.1, 0.15) is 5.69 Å². The van der Waals surface area contributed by atoms with Crippen LogP contribution in [-0.2, 0) is 16.6 Å². The Morgan fingerprint density at radius 1 is 0.811 bits per heavy atom. The molecule has 2 heterocycles. The van der Waals surface area contributed by atoms with Crippen molar-refractivity contribution in [1.29, 1.82) is 0 Å². The number of ketones is 2. The summed E-state index contributed by atoms with van der Waals surface area (Å²) in [6.07, 6.45) is -0.102. The normalized spacial score (nSPS) is 10.9. The topological polar surface area (TPSA) is 92.3 Å². The largest absolute Gasteiger partial charge is 0.457 e. The molecular formula is C29H29N3O5. The predicted octanol–water partition coefficient (Wildman–Crippen LogP) is 4.28. The number of carbonyl (C=O) groups is 3. The second-order valence-electron chi connectivity index (χ2n) is 8.90. The molecule has 0 radical (unpaired) electrons. The maximum absolute atomic E-state index is 13.5. The highest BCUT2D eigenvalue weighted by Crippen LogP contribution is 2.23. The molecule has 0 N–H and O–H groups in total. The Kier molecular flexibility index (Phi) is 7.38. The number of nitrogens with zero attached hydrogens (tertiary/aromatic N) is 3. The molecule has 0 aliphatic heterocycles. The summed E-state index contributed by atoms with van der Waals surface area (Å²) < 4.78 is 10.3. The lowest BCUT2D eigenvalue weighted by Gasteiger charge is -2.09. The lowest BCUT2D eigenvalue weighted by atomic mass is 10.1. The predicted molar refractivity (Wildman–Crippen MR) is 140 cm³/mol. The van der Waals surface area contributed by atoms with Crippen molar-refractivity contribution in [3.8, 4) is 11.4 Å². The van der Waals surface area contributed by atoms with Crippen molar-refractivity contribution in [1.82, 2.24) is 13.9 Å². The fourth-order valence-corrected chi connectivity index (χ4v) is 4.48. The van der Waals surface area contributed by atoms with E-state index in [0.29, 0.717) is 28.2 Å². The standard InChI is InChI=1S/C29H29N3O5/c1-19-17-24(26(34)18-37-27(35)16-15-25(33)22-11-7-5-8-12-22)20(2)31(19)28-21(3)30(4)32(29(28)36)23-13-9-6-10-14-23/h5-14,17H,15-16,18H2,1-4H3. The first-order valence-corrected chi connectivity index (χ1v) is 12.0. The third-order valence-electron chi connectivity index (χ3n) is 6.50. The van der Waals surface area contributed by atoms with E-state index in [1.54, 1.807) is 51.2 Å². The average molecular weight is 500 g/mol. The van der Waals surface area contributed by atoms with E-state index < -0.39 is 12.6 Å². The maximum Gasteiger partial charge on any atom is 0.306 e. The number of hydrogen-bond donors (Lipinski definition) is 0. The molecule has 4 aromatic rings. The van der Waals surface area contributed by atoms with Crippen molar-refractivity contribution < 1.29 is 19.1 Å². The minimum absolute atomic E-state index is 0.00647. The van der Waals surface area contributed by atoms with Gasteiger partial charge >= 0.3 is 5.97 Å². The summed E-state index contributed by atoms with van der Waals surface area (Å²) in [5, 5.41) is 0. The van der Waals surface area contributed by atoms with Gasteiger partial charge in [-0.25, -0.2) is 4.68 Å². The molecule has 2 aromatic heterocycles. The van der Waals surface area contributed by atoms with Crippen molar-refractivity contribution in [3.63, 3.8) is 0 Å². The first kappa shape index (κ1) is 25.6. The molecule has 2 aromatic carbocycles. The molecule has 4 rings (SSSR count). The first-order chi connectivity index (χ1) is 17.7. The number of esters is 1. The van der Waals surface area contributed by atoms with Crippen molar-refractivity contribution in [2.45, 2.75) is 33.6 Å². The third-order valence-corrected chi connectivity index (χ3v) is 6.50. The Morgan fingerprint density at radius 2 is 1.43 bits per heavy atom. The Bertz CT molecular complexity index is 1530. The number of hydrogen-bond acceptors (Lipinski definition) is 5. The summed E-state index contributed by atoms with van der Waals surface area (Å²) in [6, 6.07) is 19.7. The van der Waals surface area contributed by atoms with Crippen LogP contribution in [0.2, 0.25) is 0 Å². The lowest BCUT2D eigenvalue weighted by molar-refractivity contribution is -0.142. The van der Waals surface area contributed by atoms with Gasteiger partial charge in [-0.15, -0.1) is 0 Å². The molecule has 0 amide bonds. The van der Waals surface area contributed by atoms with E-state index in [9.17, 15) is 19.2 Å². The summed E-state index contributed by atoms with van der Waals surface area (Å²) in [4.78, 5) is 50.8.